The summed E-state index contributed by atoms with van der Waals surface area (Å²) in [7, 11) is 1.80. The molecule has 0 saturated carbocycles. The minimum absolute atomic E-state index is 0.0650. The van der Waals surface area contributed by atoms with E-state index in [2.05, 4.69) is 17.4 Å². The normalized spacial score (nSPS) is 20.0. The number of esters is 1. The first-order valence-electron chi connectivity index (χ1n) is 6.71. The lowest BCUT2D eigenvalue weighted by Crippen LogP contribution is -2.36. The van der Waals surface area contributed by atoms with Crippen LogP contribution >= 0.6 is 0 Å². The molecule has 2 unspecified atom stereocenters. The van der Waals surface area contributed by atoms with Crippen LogP contribution in [0, 0.1) is 0 Å². The number of fused-ring (bicyclic) bond motifs is 1. The van der Waals surface area contributed by atoms with Crippen molar-refractivity contribution in [1.29, 1.82) is 0 Å². The van der Waals surface area contributed by atoms with Crippen molar-refractivity contribution in [2.24, 2.45) is 0 Å². The van der Waals surface area contributed by atoms with Crippen LogP contribution in [0.4, 0.5) is 0 Å². The lowest BCUT2D eigenvalue weighted by molar-refractivity contribution is -0.152. The SMILES string of the molecule is CCC(NC)C(=O)OC1CCCc2ccccc21. The second-order valence-electron chi connectivity index (χ2n) is 4.77. The summed E-state index contributed by atoms with van der Waals surface area (Å²) in [5, 5.41) is 2.99. The second-order valence-corrected chi connectivity index (χ2v) is 4.77. The van der Waals surface area contributed by atoms with Gasteiger partial charge >= 0.3 is 5.97 Å². The molecular weight excluding hydrogens is 226 g/mol. The number of hydrogen-bond donors (Lipinski definition) is 1. The molecule has 3 heteroatoms. The molecule has 1 aliphatic rings. The predicted molar refractivity (Wildman–Crippen MR) is 71.4 cm³/mol. The van der Waals surface area contributed by atoms with Crippen molar-refractivity contribution in [2.75, 3.05) is 7.05 Å². The molecule has 2 atom stereocenters. The van der Waals surface area contributed by atoms with E-state index in [0.29, 0.717) is 0 Å². The average molecular weight is 247 g/mol. The van der Waals surface area contributed by atoms with E-state index >= 15 is 0 Å². The van der Waals surface area contributed by atoms with E-state index in [1.54, 1.807) is 7.05 Å². The minimum Gasteiger partial charge on any atom is -0.456 e. The molecular formula is C15H21NO2. The molecule has 1 aromatic carbocycles. The Bertz CT molecular complexity index is 413. The van der Waals surface area contributed by atoms with Gasteiger partial charge in [0.15, 0.2) is 0 Å². The zero-order chi connectivity index (χ0) is 13.0. The Hall–Kier alpha value is -1.35. The maximum absolute atomic E-state index is 12.0. The Morgan fingerprint density at radius 3 is 3.00 bits per heavy atom. The molecule has 18 heavy (non-hydrogen) atoms. The van der Waals surface area contributed by atoms with E-state index in [0.717, 1.165) is 25.7 Å². The summed E-state index contributed by atoms with van der Waals surface area (Å²) in [6.07, 6.45) is 3.80. The molecule has 2 rings (SSSR count). The van der Waals surface area contributed by atoms with E-state index in [4.69, 9.17) is 4.74 Å². The number of hydrogen-bond acceptors (Lipinski definition) is 3. The van der Waals surface area contributed by atoms with Crippen LogP contribution in [0.3, 0.4) is 0 Å². The van der Waals surface area contributed by atoms with Gasteiger partial charge in [-0.3, -0.25) is 4.79 Å². The van der Waals surface area contributed by atoms with Gasteiger partial charge in [-0.05, 0) is 43.9 Å². The molecule has 0 saturated heterocycles. The fourth-order valence-corrected chi connectivity index (χ4v) is 2.54. The number of rotatable bonds is 4. The van der Waals surface area contributed by atoms with Gasteiger partial charge in [0.1, 0.15) is 12.1 Å². The van der Waals surface area contributed by atoms with Gasteiger partial charge < -0.3 is 10.1 Å². The first-order valence-corrected chi connectivity index (χ1v) is 6.71. The summed E-state index contributed by atoms with van der Waals surface area (Å²) >= 11 is 0. The fourth-order valence-electron chi connectivity index (χ4n) is 2.54. The highest BCUT2D eigenvalue weighted by Gasteiger charge is 2.25. The number of ether oxygens (including phenoxy) is 1. The monoisotopic (exact) mass is 247 g/mol. The molecule has 1 aromatic rings. The lowest BCUT2D eigenvalue weighted by atomic mass is 9.89. The van der Waals surface area contributed by atoms with Gasteiger partial charge in [-0.25, -0.2) is 0 Å². The summed E-state index contributed by atoms with van der Waals surface area (Å²) in [6, 6.07) is 8.07. The van der Waals surface area contributed by atoms with Crippen molar-refractivity contribution in [1.82, 2.24) is 5.32 Å². The van der Waals surface area contributed by atoms with Crippen LogP contribution < -0.4 is 5.32 Å². The molecule has 0 spiro atoms. The van der Waals surface area contributed by atoms with Gasteiger partial charge in [0, 0.05) is 0 Å². The number of likely N-dealkylation sites (N-methyl/N-ethyl adjacent to an activating group) is 1. The zero-order valence-electron chi connectivity index (χ0n) is 11.1. The van der Waals surface area contributed by atoms with Gasteiger partial charge in [-0.1, -0.05) is 31.2 Å². The molecule has 0 heterocycles. The van der Waals surface area contributed by atoms with Crippen molar-refractivity contribution in [3.63, 3.8) is 0 Å². The van der Waals surface area contributed by atoms with Crippen molar-refractivity contribution >= 4 is 5.97 Å². The Kier molecular flexibility index (Phi) is 4.37. The zero-order valence-corrected chi connectivity index (χ0v) is 11.1. The Labute approximate surface area is 109 Å². The fraction of sp³-hybridized carbons (Fsp3) is 0.533. The molecule has 98 valence electrons. The summed E-state index contributed by atoms with van der Waals surface area (Å²) in [6.45, 7) is 1.98. The van der Waals surface area contributed by atoms with Gasteiger partial charge in [0.05, 0.1) is 0 Å². The number of aryl methyl sites for hydroxylation is 1. The van der Waals surface area contributed by atoms with Crippen molar-refractivity contribution in [2.45, 2.75) is 44.8 Å². The standard InChI is InChI=1S/C15H21NO2/c1-3-13(16-2)15(17)18-14-10-6-8-11-7-4-5-9-12(11)14/h4-5,7,9,13-14,16H,3,6,8,10H2,1-2H3. The van der Waals surface area contributed by atoms with E-state index in [1.165, 1.54) is 11.1 Å². The van der Waals surface area contributed by atoms with Crippen LogP contribution in [0.15, 0.2) is 24.3 Å². The number of carbonyl (C=O) groups is 1. The van der Waals surface area contributed by atoms with Crippen molar-refractivity contribution < 1.29 is 9.53 Å². The molecule has 1 N–H and O–H groups in total. The molecule has 1 aliphatic carbocycles. The molecule has 0 aliphatic heterocycles. The minimum atomic E-state index is -0.195. The first kappa shape index (κ1) is 13.1. The summed E-state index contributed by atoms with van der Waals surface area (Å²) in [5.41, 5.74) is 2.50. The first-order chi connectivity index (χ1) is 8.76. The number of benzene rings is 1. The highest BCUT2D eigenvalue weighted by molar-refractivity contribution is 5.76. The van der Waals surface area contributed by atoms with Crippen LogP contribution in [0.5, 0.6) is 0 Å². The smallest absolute Gasteiger partial charge is 0.323 e. The Balaban J connectivity index is 2.09. The molecule has 3 nitrogen and oxygen atoms in total. The highest BCUT2D eigenvalue weighted by atomic mass is 16.5. The van der Waals surface area contributed by atoms with Crippen LogP contribution in [0.1, 0.15) is 43.4 Å². The summed E-state index contributed by atoms with van der Waals surface area (Å²) < 4.78 is 5.66. The maximum Gasteiger partial charge on any atom is 0.323 e. The quantitative estimate of drug-likeness (QED) is 0.831. The van der Waals surface area contributed by atoms with E-state index in [-0.39, 0.29) is 18.1 Å². The maximum atomic E-state index is 12.0. The largest absolute Gasteiger partial charge is 0.456 e. The summed E-state index contributed by atoms with van der Waals surface area (Å²) in [4.78, 5) is 12.0. The molecule has 0 aromatic heterocycles. The van der Waals surface area contributed by atoms with Crippen LogP contribution in [0.25, 0.3) is 0 Å². The van der Waals surface area contributed by atoms with E-state index in [9.17, 15) is 4.79 Å². The Morgan fingerprint density at radius 2 is 2.28 bits per heavy atom. The third-order valence-electron chi connectivity index (χ3n) is 3.61. The van der Waals surface area contributed by atoms with Gasteiger partial charge in [-0.2, -0.15) is 0 Å². The average Bonchev–Trinajstić information content (AvgIpc) is 2.40. The lowest BCUT2D eigenvalue weighted by Gasteiger charge is -2.26. The molecule has 0 fully saturated rings. The third-order valence-corrected chi connectivity index (χ3v) is 3.61. The van der Waals surface area contributed by atoms with Crippen molar-refractivity contribution in [3.8, 4) is 0 Å². The van der Waals surface area contributed by atoms with E-state index < -0.39 is 0 Å². The Morgan fingerprint density at radius 1 is 1.50 bits per heavy atom. The van der Waals surface area contributed by atoms with Gasteiger partial charge in [-0.15, -0.1) is 0 Å². The molecule has 0 bridgehead atoms. The summed E-state index contributed by atoms with van der Waals surface area (Å²) in [5.74, 6) is -0.137. The number of nitrogens with one attached hydrogen (secondary N) is 1. The third kappa shape index (κ3) is 2.72. The van der Waals surface area contributed by atoms with Crippen LogP contribution in [-0.2, 0) is 16.0 Å². The van der Waals surface area contributed by atoms with E-state index in [1.807, 2.05) is 19.1 Å². The topological polar surface area (TPSA) is 38.3 Å². The predicted octanol–water partition coefficient (Wildman–Crippen LogP) is 2.61. The van der Waals surface area contributed by atoms with Crippen LogP contribution in [0.2, 0.25) is 0 Å². The molecule has 0 radical (unpaired) electrons. The molecule has 0 amide bonds. The van der Waals surface area contributed by atoms with Crippen LogP contribution in [-0.4, -0.2) is 19.1 Å². The highest BCUT2D eigenvalue weighted by Crippen LogP contribution is 2.32. The van der Waals surface area contributed by atoms with Gasteiger partial charge in [0.2, 0.25) is 0 Å². The van der Waals surface area contributed by atoms with Gasteiger partial charge in [0.25, 0.3) is 0 Å². The second kappa shape index (κ2) is 6.01. The number of carbonyl (C=O) groups excluding carboxylic acids is 1. The van der Waals surface area contributed by atoms with Crippen molar-refractivity contribution in [3.05, 3.63) is 35.4 Å².